The summed E-state index contributed by atoms with van der Waals surface area (Å²) in [5.41, 5.74) is -0.330. The number of halogens is 1. The monoisotopic (exact) mass is 257 g/mol. The van der Waals surface area contributed by atoms with Crippen LogP contribution in [0.3, 0.4) is 0 Å². The smallest absolute Gasteiger partial charge is 0.289 e. The number of morpholine rings is 1. The van der Waals surface area contributed by atoms with E-state index in [9.17, 15) is 4.79 Å². The van der Waals surface area contributed by atoms with Gasteiger partial charge < -0.3 is 14.1 Å². The summed E-state index contributed by atoms with van der Waals surface area (Å²) in [5.74, 6) is 0.139. The summed E-state index contributed by atoms with van der Waals surface area (Å²) in [5, 5.41) is 0.230. The van der Waals surface area contributed by atoms with Gasteiger partial charge in [-0.1, -0.05) is 0 Å². The molecule has 2 heterocycles. The summed E-state index contributed by atoms with van der Waals surface area (Å²) in [6, 6.07) is 3.17. The Balaban J connectivity index is 2.14. The van der Waals surface area contributed by atoms with Crippen molar-refractivity contribution in [1.29, 1.82) is 0 Å². The number of hydrogen-bond donors (Lipinski definition) is 0. The molecule has 0 aliphatic carbocycles. The molecule has 0 aromatic carbocycles. The Hall–Kier alpha value is -1.00. The SMILES string of the molecule is CC1CN(C(=O)c2ccc(Cl)o2)CC(C)(C)O1. The van der Waals surface area contributed by atoms with Gasteiger partial charge in [0.15, 0.2) is 11.0 Å². The third-order valence-corrected chi connectivity index (χ3v) is 2.84. The van der Waals surface area contributed by atoms with Crippen LogP contribution in [0.4, 0.5) is 0 Å². The lowest BCUT2D eigenvalue weighted by Gasteiger charge is -2.41. The zero-order valence-electron chi connectivity index (χ0n) is 10.2. The number of carbonyl (C=O) groups excluding carboxylic acids is 1. The average molecular weight is 258 g/mol. The molecular weight excluding hydrogens is 242 g/mol. The van der Waals surface area contributed by atoms with E-state index in [1.807, 2.05) is 20.8 Å². The summed E-state index contributed by atoms with van der Waals surface area (Å²) >= 11 is 5.67. The largest absolute Gasteiger partial charge is 0.440 e. The predicted molar refractivity (Wildman–Crippen MR) is 64.2 cm³/mol. The number of rotatable bonds is 1. The van der Waals surface area contributed by atoms with Crippen molar-refractivity contribution in [2.75, 3.05) is 13.1 Å². The molecule has 94 valence electrons. The Morgan fingerprint density at radius 2 is 2.24 bits per heavy atom. The molecule has 1 fully saturated rings. The lowest BCUT2D eigenvalue weighted by Crippen LogP contribution is -2.53. The molecular formula is C12H16ClNO3. The second-order valence-corrected chi connectivity index (χ2v) is 5.35. The van der Waals surface area contributed by atoms with E-state index in [2.05, 4.69) is 0 Å². The van der Waals surface area contributed by atoms with Gasteiger partial charge in [-0.15, -0.1) is 0 Å². The number of nitrogens with zero attached hydrogens (tertiary/aromatic N) is 1. The van der Waals surface area contributed by atoms with Gasteiger partial charge in [0.25, 0.3) is 5.91 Å². The Morgan fingerprint density at radius 1 is 1.53 bits per heavy atom. The van der Waals surface area contributed by atoms with E-state index in [0.29, 0.717) is 13.1 Å². The molecule has 17 heavy (non-hydrogen) atoms. The number of carbonyl (C=O) groups is 1. The molecule has 5 heteroatoms. The Morgan fingerprint density at radius 3 is 2.76 bits per heavy atom. The third-order valence-electron chi connectivity index (χ3n) is 2.64. The summed E-state index contributed by atoms with van der Waals surface area (Å²) < 4.78 is 10.9. The molecule has 1 aliphatic heterocycles. The van der Waals surface area contributed by atoms with Crippen molar-refractivity contribution in [3.63, 3.8) is 0 Å². The van der Waals surface area contributed by atoms with Crippen LogP contribution in [0, 0.1) is 0 Å². The topological polar surface area (TPSA) is 42.7 Å². The minimum Gasteiger partial charge on any atom is -0.440 e. The maximum Gasteiger partial charge on any atom is 0.289 e. The van der Waals surface area contributed by atoms with Crippen LogP contribution >= 0.6 is 11.6 Å². The highest BCUT2D eigenvalue weighted by Gasteiger charge is 2.34. The molecule has 0 saturated carbocycles. The first-order valence-electron chi connectivity index (χ1n) is 5.60. The minimum absolute atomic E-state index is 0.0214. The molecule has 1 saturated heterocycles. The van der Waals surface area contributed by atoms with Crippen LogP contribution < -0.4 is 0 Å². The van der Waals surface area contributed by atoms with Crippen LogP contribution in [0.5, 0.6) is 0 Å². The fraction of sp³-hybridized carbons (Fsp3) is 0.583. The van der Waals surface area contributed by atoms with Gasteiger partial charge in [-0.05, 0) is 44.5 Å². The first-order chi connectivity index (χ1) is 7.87. The van der Waals surface area contributed by atoms with Gasteiger partial charge in [0, 0.05) is 13.1 Å². The molecule has 0 N–H and O–H groups in total. The number of ether oxygens (including phenoxy) is 1. The lowest BCUT2D eigenvalue weighted by atomic mass is 10.1. The van der Waals surface area contributed by atoms with Crippen LogP contribution in [0.15, 0.2) is 16.5 Å². The normalized spacial score (nSPS) is 23.8. The second kappa shape index (κ2) is 4.35. The van der Waals surface area contributed by atoms with Crippen molar-refractivity contribution >= 4 is 17.5 Å². The van der Waals surface area contributed by atoms with Crippen molar-refractivity contribution in [2.24, 2.45) is 0 Å². The predicted octanol–water partition coefficient (Wildman–Crippen LogP) is 2.57. The minimum atomic E-state index is -0.330. The summed E-state index contributed by atoms with van der Waals surface area (Å²) in [6.45, 7) is 7.02. The maximum absolute atomic E-state index is 12.2. The zero-order valence-corrected chi connectivity index (χ0v) is 11.0. The molecule has 0 spiro atoms. The second-order valence-electron chi connectivity index (χ2n) is 4.98. The third kappa shape index (κ3) is 2.82. The van der Waals surface area contributed by atoms with E-state index >= 15 is 0 Å². The first-order valence-corrected chi connectivity index (χ1v) is 5.98. The van der Waals surface area contributed by atoms with Crippen molar-refractivity contribution in [2.45, 2.75) is 32.5 Å². The summed E-state index contributed by atoms with van der Waals surface area (Å²) in [7, 11) is 0. The highest BCUT2D eigenvalue weighted by atomic mass is 35.5. The molecule has 1 amide bonds. The van der Waals surface area contributed by atoms with Crippen molar-refractivity contribution in [3.05, 3.63) is 23.1 Å². The van der Waals surface area contributed by atoms with Gasteiger partial charge in [0.2, 0.25) is 0 Å². The van der Waals surface area contributed by atoms with Gasteiger partial charge in [-0.3, -0.25) is 4.79 Å². The molecule has 0 radical (unpaired) electrons. The van der Waals surface area contributed by atoms with Crippen LogP contribution in [0.1, 0.15) is 31.3 Å². The highest BCUT2D eigenvalue weighted by Crippen LogP contribution is 2.23. The standard InChI is InChI=1S/C12H16ClNO3/c1-8-6-14(7-12(2,3)17-8)11(15)9-4-5-10(13)16-9/h4-5,8H,6-7H2,1-3H3. The Bertz CT molecular complexity index is 427. The van der Waals surface area contributed by atoms with E-state index in [1.165, 1.54) is 0 Å². The van der Waals surface area contributed by atoms with Gasteiger partial charge >= 0.3 is 0 Å². The number of furan rings is 1. The van der Waals surface area contributed by atoms with E-state index < -0.39 is 0 Å². The molecule has 1 atom stereocenters. The molecule has 1 aliphatic rings. The molecule has 0 bridgehead atoms. The van der Waals surface area contributed by atoms with E-state index in [4.69, 9.17) is 20.8 Å². The summed E-state index contributed by atoms with van der Waals surface area (Å²) in [6.07, 6.45) is 0.0214. The van der Waals surface area contributed by atoms with E-state index in [1.54, 1.807) is 17.0 Å². The van der Waals surface area contributed by atoms with Gasteiger partial charge in [-0.2, -0.15) is 0 Å². The summed E-state index contributed by atoms with van der Waals surface area (Å²) in [4.78, 5) is 13.9. The maximum atomic E-state index is 12.2. The Kier molecular flexibility index (Phi) is 3.19. The molecule has 2 rings (SSSR count). The van der Waals surface area contributed by atoms with Gasteiger partial charge in [0.1, 0.15) is 0 Å². The fourth-order valence-electron chi connectivity index (χ4n) is 2.19. The van der Waals surface area contributed by atoms with Gasteiger partial charge in [0.05, 0.1) is 11.7 Å². The van der Waals surface area contributed by atoms with Crippen LogP contribution in [0.2, 0.25) is 5.22 Å². The van der Waals surface area contributed by atoms with Crippen LogP contribution in [-0.4, -0.2) is 35.6 Å². The first kappa shape index (κ1) is 12.5. The van der Waals surface area contributed by atoms with E-state index in [0.717, 1.165) is 0 Å². The number of hydrogen-bond acceptors (Lipinski definition) is 3. The van der Waals surface area contributed by atoms with Crippen molar-refractivity contribution < 1.29 is 13.9 Å². The molecule has 4 nitrogen and oxygen atoms in total. The average Bonchev–Trinajstić information content (AvgIpc) is 2.60. The lowest BCUT2D eigenvalue weighted by molar-refractivity contribution is -0.119. The zero-order chi connectivity index (χ0) is 12.6. The molecule has 1 unspecified atom stereocenters. The Labute approximate surface area is 105 Å². The van der Waals surface area contributed by atoms with Crippen molar-refractivity contribution in [1.82, 2.24) is 4.90 Å². The van der Waals surface area contributed by atoms with Crippen LogP contribution in [0.25, 0.3) is 0 Å². The molecule has 1 aromatic rings. The van der Waals surface area contributed by atoms with Crippen LogP contribution in [-0.2, 0) is 4.74 Å². The fourth-order valence-corrected chi connectivity index (χ4v) is 2.34. The number of amides is 1. The molecule has 1 aromatic heterocycles. The quantitative estimate of drug-likeness (QED) is 0.777. The van der Waals surface area contributed by atoms with Crippen molar-refractivity contribution in [3.8, 4) is 0 Å². The van der Waals surface area contributed by atoms with Gasteiger partial charge in [-0.25, -0.2) is 0 Å². The highest BCUT2D eigenvalue weighted by molar-refractivity contribution is 6.29. The van der Waals surface area contributed by atoms with E-state index in [-0.39, 0.29) is 28.6 Å².